The topological polar surface area (TPSA) is 42.0 Å². The van der Waals surface area contributed by atoms with Gasteiger partial charge in [0, 0.05) is 0 Å². The van der Waals surface area contributed by atoms with Crippen molar-refractivity contribution in [3.63, 3.8) is 0 Å². The second kappa shape index (κ2) is 5.47. The SMILES string of the molecule is Cc1nc(Cl)ccc1NC(=O)C(C(F)(F)F)C(F)(F)F. The normalized spacial score (nSPS) is 12.7. The zero-order chi connectivity index (χ0) is 15.7. The molecule has 0 atom stereocenters. The summed E-state index contributed by atoms with van der Waals surface area (Å²) in [6.07, 6.45) is -11.5. The van der Waals surface area contributed by atoms with Gasteiger partial charge in [-0.25, -0.2) is 4.98 Å². The zero-order valence-corrected chi connectivity index (χ0v) is 10.5. The summed E-state index contributed by atoms with van der Waals surface area (Å²) in [4.78, 5) is 14.8. The summed E-state index contributed by atoms with van der Waals surface area (Å²) in [6, 6.07) is 2.19. The molecule has 0 aromatic carbocycles. The molecule has 1 amide bonds. The van der Waals surface area contributed by atoms with Crippen LogP contribution in [0.1, 0.15) is 5.69 Å². The highest BCUT2D eigenvalue weighted by atomic mass is 35.5. The maximum absolute atomic E-state index is 12.3. The molecule has 0 bridgehead atoms. The number of amides is 1. The summed E-state index contributed by atoms with van der Waals surface area (Å²) in [5, 5.41) is 1.54. The van der Waals surface area contributed by atoms with Gasteiger partial charge >= 0.3 is 12.4 Å². The van der Waals surface area contributed by atoms with E-state index in [0.717, 1.165) is 12.1 Å². The molecule has 0 saturated carbocycles. The highest BCUT2D eigenvalue weighted by Crippen LogP contribution is 2.40. The maximum atomic E-state index is 12.3. The van der Waals surface area contributed by atoms with Crippen molar-refractivity contribution in [2.45, 2.75) is 19.3 Å². The third-order valence-electron chi connectivity index (χ3n) is 2.23. The van der Waals surface area contributed by atoms with Crippen LogP contribution in [0, 0.1) is 12.8 Å². The van der Waals surface area contributed by atoms with E-state index in [1.54, 1.807) is 5.32 Å². The van der Waals surface area contributed by atoms with Gasteiger partial charge in [0.25, 0.3) is 0 Å². The first-order valence-electron chi connectivity index (χ1n) is 5.00. The minimum atomic E-state index is -5.74. The van der Waals surface area contributed by atoms with Gasteiger partial charge in [0.15, 0.2) is 0 Å². The molecule has 10 heteroatoms. The van der Waals surface area contributed by atoms with Gasteiger partial charge in [0.1, 0.15) is 5.15 Å². The monoisotopic (exact) mass is 320 g/mol. The first-order chi connectivity index (χ1) is 8.93. The van der Waals surface area contributed by atoms with Crippen LogP contribution >= 0.6 is 11.6 Å². The Kier molecular flexibility index (Phi) is 4.52. The van der Waals surface area contributed by atoms with Crippen molar-refractivity contribution in [3.8, 4) is 0 Å². The van der Waals surface area contributed by atoms with Crippen LogP contribution in [0.3, 0.4) is 0 Å². The number of halogens is 7. The predicted molar refractivity (Wildman–Crippen MR) is 58.2 cm³/mol. The smallest absolute Gasteiger partial charge is 0.324 e. The Morgan fingerprint density at radius 3 is 2.10 bits per heavy atom. The van der Waals surface area contributed by atoms with Gasteiger partial charge in [-0.05, 0) is 19.1 Å². The number of nitrogens with one attached hydrogen (secondary N) is 1. The highest BCUT2D eigenvalue weighted by Gasteiger charge is 2.61. The van der Waals surface area contributed by atoms with E-state index < -0.39 is 24.2 Å². The third kappa shape index (κ3) is 3.99. The number of rotatable bonds is 2. The molecule has 0 spiro atoms. The number of nitrogens with zero attached hydrogens (tertiary/aromatic N) is 1. The lowest BCUT2D eigenvalue weighted by molar-refractivity contribution is -0.272. The van der Waals surface area contributed by atoms with Gasteiger partial charge in [0.05, 0.1) is 11.4 Å². The molecule has 0 aliphatic heterocycles. The average Bonchev–Trinajstić information content (AvgIpc) is 2.17. The van der Waals surface area contributed by atoms with Gasteiger partial charge in [-0.2, -0.15) is 26.3 Å². The van der Waals surface area contributed by atoms with E-state index in [1.165, 1.54) is 6.92 Å². The lowest BCUT2D eigenvalue weighted by atomic mass is 10.1. The van der Waals surface area contributed by atoms with E-state index in [0.29, 0.717) is 0 Å². The number of aryl methyl sites for hydroxylation is 1. The highest BCUT2D eigenvalue weighted by molar-refractivity contribution is 6.29. The quantitative estimate of drug-likeness (QED) is 0.666. The van der Waals surface area contributed by atoms with Crippen LogP contribution in [0.25, 0.3) is 0 Å². The number of aromatic nitrogens is 1. The molecule has 1 aromatic heterocycles. The van der Waals surface area contributed by atoms with Gasteiger partial charge < -0.3 is 5.32 Å². The van der Waals surface area contributed by atoms with Crippen LogP contribution in [0.5, 0.6) is 0 Å². The Balaban J connectivity index is 3.04. The second-order valence-corrected chi connectivity index (χ2v) is 4.16. The van der Waals surface area contributed by atoms with E-state index in [2.05, 4.69) is 4.98 Å². The Morgan fingerprint density at radius 1 is 1.20 bits per heavy atom. The number of pyridine rings is 1. The Morgan fingerprint density at radius 2 is 1.70 bits per heavy atom. The fourth-order valence-electron chi connectivity index (χ4n) is 1.35. The van der Waals surface area contributed by atoms with Crippen LogP contribution in [0.4, 0.5) is 32.0 Å². The first kappa shape index (κ1) is 16.5. The minimum Gasteiger partial charge on any atom is -0.324 e. The minimum absolute atomic E-state index is 0.00560. The molecule has 1 rings (SSSR count). The van der Waals surface area contributed by atoms with Crippen LogP contribution < -0.4 is 5.32 Å². The van der Waals surface area contributed by atoms with E-state index in [4.69, 9.17) is 11.6 Å². The van der Waals surface area contributed by atoms with Crippen molar-refractivity contribution >= 4 is 23.2 Å². The fourth-order valence-corrected chi connectivity index (χ4v) is 1.54. The molecule has 20 heavy (non-hydrogen) atoms. The van der Waals surface area contributed by atoms with Crippen molar-refractivity contribution in [2.24, 2.45) is 5.92 Å². The molecule has 0 aliphatic rings. The van der Waals surface area contributed by atoms with Crippen LogP contribution in [-0.2, 0) is 4.79 Å². The van der Waals surface area contributed by atoms with E-state index in [-0.39, 0.29) is 16.5 Å². The summed E-state index contributed by atoms with van der Waals surface area (Å²) < 4.78 is 73.9. The Bertz CT molecular complexity index is 499. The number of anilines is 1. The second-order valence-electron chi connectivity index (χ2n) is 3.77. The molecule has 0 fully saturated rings. The lowest BCUT2D eigenvalue weighted by Crippen LogP contribution is -2.45. The van der Waals surface area contributed by atoms with Crippen molar-refractivity contribution in [1.29, 1.82) is 0 Å². The summed E-state index contributed by atoms with van der Waals surface area (Å²) in [5.74, 6) is -6.33. The number of carbonyl (C=O) groups excluding carboxylic acids is 1. The summed E-state index contributed by atoms with van der Waals surface area (Å²) in [6.45, 7) is 1.28. The van der Waals surface area contributed by atoms with E-state index in [9.17, 15) is 31.1 Å². The first-order valence-corrected chi connectivity index (χ1v) is 5.38. The summed E-state index contributed by atoms with van der Waals surface area (Å²) in [7, 11) is 0. The zero-order valence-electron chi connectivity index (χ0n) is 9.73. The number of hydrogen-bond acceptors (Lipinski definition) is 2. The Labute approximate surface area is 113 Å². The van der Waals surface area contributed by atoms with Gasteiger partial charge in [-0.3, -0.25) is 4.79 Å². The molecule has 0 radical (unpaired) electrons. The third-order valence-corrected chi connectivity index (χ3v) is 2.44. The number of alkyl halides is 6. The molecule has 0 unspecified atom stereocenters. The lowest BCUT2D eigenvalue weighted by Gasteiger charge is -2.22. The molecule has 112 valence electrons. The van der Waals surface area contributed by atoms with Gasteiger partial charge in [-0.15, -0.1) is 0 Å². The summed E-state index contributed by atoms with van der Waals surface area (Å²) in [5.41, 5.74) is -0.285. The van der Waals surface area contributed by atoms with Gasteiger partial charge in [0.2, 0.25) is 11.8 Å². The molecule has 0 saturated heterocycles. The molecule has 1 aromatic rings. The fraction of sp³-hybridized carbons (Fsp3) is 0.400. The average molecular weight is 321 g/mol. The van der Waals surface area contributed by atoms with Crippen molar-refractivity contribution in [2.75, 3.05) is 5.32 Å². The number of hydrogen-bond donors (Lipinski definition) is 1. The number of carbonyl (C=O) groups is 1. The van der Waals surface area contributed by atoms with E-state index in [1.807, 2.05) is 0 Å². The molecule has 1 heterocycles. The molecule has 1 N–H and O–H groups in total. The predicted octanol–water partition coefficient (Wildman–Crippen LogP) is 3.72. The van der Waals surface area contributed by atoms with E-state index >= 15 is 0 Å². The molecular formula is C10H7ClF6N2O. The van der Waals surface area contributed by atoms with Crippen molar-refractivity contribution in [3.05, 3.63) is 23.0 Å². The Hall–Kier alpha value is -1.51. The molecule has 3 nitrogen and oxygen atoms in total. The van der Waals surface area contributed by atoms with Crippen LogP contribution in [0.15, 0.2) is 12.1 Å². The van der Waals surface area contributed by atoms with Gasteiger partial charge in [-0.1, -0.05) is 11.6 Å². The van der Waals surface area contributed by atoms with Crippen molar-refractivity contribution in [1.82, 2.24) is 4.98 Å². The van der Waals surface area contributed by atoms with Crippen LogP contribution in [0.2, 0.25) is 5.15 Å². The summed E-state index contributed by atoms with van der Waals surface area (Å²) >= 11 is 5.48. The van der Waals surface area contributed by atoms with Crippen LogP contribution in [-0.4, -0.2) is 23.2 Å². The largest absolute Gasteiger partial charge is 0.409 e. The standard InChI is InChI=1S/C10H7ClF6N2O/c1-4-5(2-3-6(11)18-4)19-8(20)7(9(12,13)14)10(15,16)17/h2-3,7H,1H3,(H,19,20). The molecule has 0 aliphatic carbocycles. The van der Waals surface area contributed by atoms with Crippen molar-refractivity contribution < 1.29 is 31.1 Å². The molecular weight excluding hydrogens is 314 g/mol. The maximum Gasteiger partial charge on any atom is 0.409 e.